The fourth-order valence-electron chi connectivity index (χ4n) is 1.45. The number of nitrogens with zero attached hydrogens (tertiary/aromatic N) is 2. The van der Waals surface area contributed by atoms with Crippen molar-refractivity contribution in [3.63, 3.8) is 0 Å². The molecule has 0 unspecified atom stereocenters. The second-order valence-corrected chi connectivity index (χ2v) is 6.24. The Kier molecular flexibility index (Phi) is 3.38. The zero-order valence-electron chi connectivity index (χ0n) is 9.99. The molecule has 0 aliphatic heterocycles. The molecule has 0 bridgehead atoms. The van der Waals surface area contributed by atoms with Gasteiger partial charge in [0.1, 0.15) is 15.4 Å². The van der Waals surface area contributed by atoms with Crippen molar-refractivity contribution in [2.45, 2.75) is 0 Å². The zero-order valence-corrected chi connectivity index (χ0v) is 10.8. The van der Waals surface area contributed by atoms with Gasteiger partial charge < -0.3 is 9.73 Å². The van der Waals surface area contributed by atoms with Crippen LogP contribution in [0.25, 0.3) is 11.1 Å². The number of aromatic nitrogens is 1. The summed E-state index contributed by atoms with van der Waals surface area (Å²) in [5.41, 5.74) is 0.659. The molecule has 1 N–H and O–H groups in total. The quantitative estimate of drug-likeness (QED) is 0.648. The molecule has 0 amide bonds. The Morgan fingerprint density at radius 3 is 2.84 bits per heavy atom. The molecule has 0 saturated carbocycles. The van der Waals surface area contributed by atoms with Gasteiger partial charge in [-0.1, -0.05) is 0 Å². The lowest BCUT2D eigenvalue weighted by atomic mass is 10.3. The smallest absolute Gasteiger partial charge is 0.295 e. The van der Waals surface area contributed by atoms with Crippen LogP contribution in [-0.2, 0) is 9.84 Å². The highest BCUT2D eigenvalue weighted by atomic mass is 32.2. The van der Waals surface area contributed by atoms with Crippen molar-refractivity contribution in [3.8, 4) is 0 Å². The summed E-state index contributed by atoms with van der Waals surface area (Å²) in [6, 6.07) is 4.19. The molecule has 2 aromatic rings. The number of non-ortho nitro benzene ring substituents is 1. The summed E-state index contributed by atoms with van der Waals surface area (Å²) in [5, 5.41) is 13.3. The van der Waals surface area contributed by atoms with Gasteiger partial charge in [-0.05, 0) is 6.07 Å². The number of nitro benzene ring substituents is 1. The number of rotatable bonds is 5. The van der Waals surface area contributed by atoms with E-state index in [4.69, 9.17) is 4.42 Å². The fraction of sp³-hybridized carbons (Fsp3) is 0.300. The van der Waals surface area contributed by atoms with Gasteiger partial charge in [0.25, 0.3) is 11.7 Å². The maximum Gasteiger partial charge on any atom is 0.295 e. The second-order valence-electron chi connectivity index (χ2n) is 3.98. The summed E-state index contributed by atoms with van der Waals surface area (Å²) in [7, 11) is -3.06. The van der Waals surface area contributed by atoms with E-state index in [1.165, 1.54) is 18.2 Å². The van der Waals surface area contributed by atoms with Gasteiger partial charge in [-0.15, -0.1) is 0 Å². The first-order chi connectivity index (χ1) is 8.85. The van der Waals surface area contributed by atoms with Gasteiger partial charge in [-0.25, -0.2) is 8.42 Å². The molecule has 1 aromatic heterocycles. The molecule has 2 rings (SSSR count). The van der Waals surface area contributed by atoms with Crippen LogP contribution < -0.4 is 5.32 Å². The topological polar surface area (TPSA) is 115 Å². The molecule has 0 saturated heterocycles. The van der Waals surface area contributed by atoms with E-state index in [1.54, 1.807) is 0 Å². The van der Waals surface area contributed by atoms with Crippen molar-refractivity contribution in [2.24, 2.45) is 0 Å². The average Bonchev–Trinajstić information content (AvgIpc) is 2.68. The standard InChI is InChI=1S/C10H11N3O5S/c1-19(16,17)5-4-11-10-12-8-6-7(13(14)15)2-3-9(8)18-10/h2-3,6H,4-5H2,1H3,(H,11,12). The van der Waals surface area contributed by atoms with E-state index < -0.39 is 14.8 Å². The molecule has 9 heteroatoms. The number of nitrogens with one attached hydrogen (secondary N) is 1. The Morgan fingerprint density at radius 1 is 1.47 bits per heavy atom. The molecular formula is C10H11N3O5S. The van der Waals surface area contributed by atoms with Crippen LogP contribution in [-0.4, -0.2) is 36.9 Å². The summed E-state index contributed by atoms with van der Waals surface area (Å²) in [4.78, 5) is 14.1. The molecule has 1 aromatic carbocycles. The zero-order chi connectivity index (χ0) is 14.0. The Bertz CT molecular complexity index is 722. The minimum Gasteiger partial charge on any atom is -0.424 e. The van der Waals surface area contributed by atoms with E-state index in [0.29, 0.717) is 11.1 Å². The van der Waals surface area contributed by atoms with E-state index in [1.807, 2.05) is 0 Å². The van der Waals surface area contributed by atoms with Gasteiger partial charge in [0.05, 0.1) is 10.7 Å². The lowest BCUT2D eigenvalue weighted by Gasteiger charge is -1.98. The summed E-state index contributed by atoms with van der Waals surface area (Å²) in [6.07, 6.45) is 1.13. The Balaban J connectivity index is 2.15. The number of hydrogen-bond donors (Lipinski definition) is 1. The molecule has 0 atom stereocenters. The Hall–Kier alpha value is -2.16. The maximum absolute atomic E-state index is 10.9. The van der Waals surface area contributed by atoms with Crippen LogP contribution in [0.4, 0.5) is 11.7 Å². The van der Waals surface area contributed by atoms with Gasteiger partial charge in [-0.3, -0.25) is 10.1 Å². The molecule has 102 valence electrons. The van der Waals surface area contributed by atoms with E-state index in [-0.39, 0.29) is 24.0 Å². The van der Waals surface area contributed by atoms with Gasteiger partial charge in [-0.2, -0.15) is 4.98 Å². The largest absolute Gasteiger partial charge is 0.424 e. The summed E-state index contributed by atoms with van der Waals surface area (Å²) in [6.45, 7) is 0.160. The van der Waals surface area contributed by atoms with Crippen LogP contribution in [0, 0.1) is 10.1 Å². The highest BCUT2D eigenvalue weighted by Gasteiger charge is 2.11. The fourth-order valence-corrected chi connectivity index (χ4v) is 1.92. The third-order valence-electron chi connectivity index (χ3n) is 2.33. The summed E-state index contributed by atoms with van der Waals surface area (Å²) in [5.74, 6) is -0.0497. The number of nitro groups is 1. The van der Waals surface area contributed by atoms with Crippen LogP contribution in [0.3, 0.4) is 0 Å². The molecule has 8 nitrogen and oxygen atoms in total. The molecule has 0 aliphatic rings. The lowest BCUT2D eigenvalue weighted by molar-refractivity contribution is -0.384. The van der Waals surface area contributed by atoms with Gasteiger partial charge in [0, 0.05) is 24.9 Å². The average molecular weight is 285 g/mol. The third-order valence-corrected chi connectivity index (χ3v) is 3.28. The van der Waals surface area contributed by atoms with Crippen molar-refractivity contribution in [1.82, 2.24) is 4.98 Å². The number of sulfone groups is 1. The Labute approximate surface area is 108 Å². The van der Waals surface area contributed by atoms with Crippen LogP contribution in [0.2, 0.25) is 0 Å². The van der Waals surface area contributed by atoms with E-state index in [0.717, 1.165) is 6.26 Å². The predicted octanol–water partition coefficient (Wildman–Crippen LogP) is 1.19. The van der Waals surface area contributed by atoms with Crippen molar-refractivity contribution in [3.05, 3.63) is 28.3 Å². The molecule has 0 radical (unpaired) electrons. The first-order valence-corrected chi connectivity index (χ1v) is 7.38. The van der Waals surface area contributed by atoms with E-state index in [2.05, 4.69) is 10.3 Å². The van der Waals surface area contributed by atoms with E-state index in [9.17, 15) is 18.5 Å². The van der Waals surface area contributed by atoms with Crippen molar-refractivity contribution in [1.29, 1.82) is 0 Å². The van der Waals surface area contributed by atoms with Gasteiger partial charge in [0.15, 0.2) is 5.58 Å². The number of benzene rings is 1. The monoisotopic (exact) mass is 285 g/mol. The lowest BCUT2D eigenvalue weighted by Crippen LogP contribution is -2.14. The van der Waals surface area contributed by atoms with Crippen molar-refractivity contribution >= 4 is 32.6 Å². The third kappa shape index (κ3) is 3.41. The van der Waals surface area contributed by atoms with E-state index >= 15 is 0 Å². The molecule has 0 spiro atoms. The number of fused-ring (bicyclic) bond motifs is 1. The predicted molar refractivity (Wildman–Crippen MR) is 68.9 cm³/mol. The first-order valence-electron chi connectivity index (χ1n) is 5.32. The van der Waals surface area contributed by atoms with Crippen LogP contribution in [0.15, 0.2) is 22.6 Å². The number of hydrogen-bond acceptors (Lipinski definition) is 7. The van der Waals surface area contributed by atoms with Gasteiger partial charge in [0.2, 0.25) is 0 Å². The SMILES string of the molecule is CS(=O)(=O)CCNc1nc2cc([N+](=O)[O-])ccc2o1. The number of anilines is 1. The maximum atomic E-state index is 10.9. The summed E-state index contributed by atoms with van der Waals surface area (Å²) >= 11 is 0. The van der Waals surface area contributed by atoms with Crippen molar-refractivity contribution in [2.75, 3.05) is 23.9 Å². The molecule has 1 heterocycles. The van der Waals surface area contributed by atoms with Crippen LogP contribution in [0.1, 0.15) is 0 Å². The highest BCUT2D eigenvalue weighted by molar-refractivity contribution is 7.90. The Morgan fingerprint density at radius 2 is 2.21 bits per heavy atom. The van der Waals surface area contributed by atoms with Crippen LogP contribution in [0.5, 0.6) is 0 Å². The second kappa shape index (κ2) is 4.84. The molecule has 19 heavy (non-hydrogen) atoms. The highest BCUT2D eigenvalue weighted by Crippen LogP contribution is 2.23. The minimum absolute atomic E-state index is 0.0497. The number of oxazole rings is 1. The summed E-state index contributed by atoms with van der Waals surface area (Å²) < 4.78 is 27.2. The van der Waals surface area contributed by atoms with Gasteiger partial charge >= 0.3 is 0 Å². The van der Waals surface area contributed by atoms with Crippen LogP contribution >= 0.6 is 0 Å². The normalized spacial score (nSPS) is 11.6. The molecular weight excluding hydrogens is 274 g/mol. The molecule has 0 fully saturated rings. The van der Waals surface area contributed by atoms with Crippen molar-refractivity contribution < 1.29 is 17.8 Å². The first kappa shape index (κ1) is 13.3. The molecule has 0 aliphatic carbocycles. The minimum atomic E-state index is -3.06.